The summed E-state index contributed by atoms with van der Waals surface area (Å²) in [6.07, 6.45) is 0. The predicted octanol–water partition coefficient (Wildman–Crippen LogP) is -1.08. The Morgan fingerprint density at radius 1 is 0.382 bits per heavy atom. The first-order valence-electron chi connectivity index (χ1n) is 7.84. The normalized spacial score (nSPS) is 9.97. The van der Waals surface area contributed by atoms with Gasteiger partial charge in [-0.15, -0.1) is 0 Å². The zero-order valence-corrected chi connectivity index (χ0v) is 20.7. The molecule has 0 fully saturated rings. The van der Waals surface area contributed by atoms with Gasteiger partial charge in [-0.2, -0.15) is 0 Å². The molecule has 0 bridgehead atoms. The van der Waals surface area contributed by atoms with E-state index in [0.29, 0.717) is 0 Å². The van der Waals surface area contributed by atoms with E-state index in [2.05, 4.69) is 0 Å². The first-order chi connectivity index (χ1) is 13.8. The fraction of sp³-hybridized carbons (Fsp3) is 0. The van der Waals surface area contributed by atoms with E-state index in [1.807, 2.05) is 0 Å². The molecule has 186 valence electrons. The van der Waals surface area contributed by atoms with Crippen LogP contribution in [-0.4, -0.2) is 72.7 Å². The first kappa shape index (κ1) is 39.0. The molecule has 0 amide bonds. The molecule has 12 nitrogen and oxygen atoms in total. The smallest absolute Gasteiger partial charge is 0.744 e. The van der Waals surface area contributed by atoms with Crippen LogP contribution in [-0.2, 0) is 30.4 Å². The molecule has 0 aromatic heterocycles. The van der Waals surface area contributed by atoms with Gasteiger partial charge in [0, 0.05) is 0 Å². The maximum absolute atomic E-state index is 10.3. The second-order valence-corrected chi connectivity index (χ2v) is 9.44. The standard InChI is InChI=1S/3C6H6O3S.Al.3H2O/c3*7-10(8,9)6-4-2-1-3-5-6;;;;/h3*1-5H,(H,7,8,9);;3*1H2/q;;;+3;;;/p-3. The van der Waals surface area contributed by atoms with Gasteiger partial charge in [0.15, 0.2) is 0 Å². The third-order valence-electron chi connectivity index (χ3n) is 3.10. The van der Waals surface area contributed by atoms with Crippen molar-refractivity contribution in [2.24, 2.45) is 0 Å². The molecular formula is C18H21AlO12S3. The largest absolute Gasteiger partial charge is 3.00 e. The Morgan fingerprint density at radius 3 is 0.618 bits per heavy atom. The molecular weight excluding hydrogens is 531 g/mol. The predicted molar refractivity (Wildman–Crippen MR) is 120 cm³/mol. The van der Waals surface area contributed by atoms with Crippen LogP contribution in [0.4, 0.5) is 0 Å². The summed E-state index contributed by atoms with van der Waals surface area (Å²) in [6.45, 7) is 0. The average Bonchev–Trinajstić information content (AvgIpc) is 2.69. The molecule has 0 aliphatic carbocycles. The van der Waals surface area contributed by atoms with Gasteiger partial charge in [-0.1, -0.05) is 54.6 Å². The fourth-order valence-corrected chi connectivity index (χ4v) is 3.23. The van der Waals surface area contributed by atoms with Gasteiger partial charge in [-0.3, -0.25) is 0 Å². The first-order valence-corrected chi connectivity index (χ1v) is 12.1. The van der Waals surface area contributed by atoms with Crippen molar-refractivity contribution in [1.82, 2.24) is 0 Å². The summed E-state index contributed by atoms with van der Waals surface area (Å²) in [5, 5.41) is 0. The van der Waals surface area contributed by atoms with Crippen LogP contribution in [0.25, 0.3) is 0 Å². The van der Waals surface area contributed by atoms with Crippen molar-refractivity contribution in [2.45, 2.75) is 14.7 Å². The quantitative estimate of drug-likeness (QED) is 0.282. The molecule has 0 saturated heterocycles. The van der Waals surface area contributed by atoms with Crippen LogP contribution < -0.4 is 0 Å². The van der Waals surface area contributed by atoms with Crippen LogP contribution in [0.15, 0.2) is 106 Å². The van der Waals surface area contributed by atoms with E-state index in [9.17, 15) is 38.9 Å². The molecule has 3 aromatic rings. The molecule has 3 rings (SSSR count). The number of rotatable bonds is 3. The molecule has 0 aliphatic rings. The summed E-state index contributed by atoms with van der Waals surface area (Å²) in [7, 11) is -12.8. The van der Waals surface area contributed by atoms with E-state index >= 15 is 0 Å². The van der Waals surface area contributed by atoms with Gasteiger partial charge in [-0.05, 0) is 36.4 Å². The molecule has 0 unspecified atom stereocenters. The Morgan fingerprint density at radius 2 is 0.529 bits per heavy atom. The van der Waals surface area contributed by atoms with Gasteiger partial charge in [0.25, 0.3) is 0 Å². The van der Waals surface area contributed by atoms with Crippen LogP contribution in [0.3, 0.4) is 0 Å². The molecule has 6 N–H and O–H groups in total. The van der Waals surface area contributed by atoms with E-state index in [0.717, 1.165) is 0 Å². The summed E-state index contributed by atoms with van der Waals surface area (Å²) in [6, 6.07) is 21.6. The molecule has 0 spiro atoms. The summed E-state index contributed by atoms with van der Waals surface area (Å²) < 4.78 is 92.5. The van der Waals surface area contributed by atoms with Crippen molar-refractivity contribution in [1.29, 1.82) is 0 Å². The van der Waals surface area contributed by atoms with E-state index in [-0.39, 0.29) is 48.5 Å². The van der Waals surface area contributed by atoms with Crippen molar-refractivity contribution in [3.63, 3.8) is 0 Å². The monoisotopic (exact) mass is 552 g/mol. The van der Waals surface area contributed by atoms with Gasteiger partial charge in [-0.25, -0.2) is 25.3 Å². The number of hydrogen-bond donors (Lipinski definition) is 0. The number of benzene rings is 3. The van der Waals surface area contributed by atoms with Crippen molar-refractivity contribution in [3.05, 3.63) is 91.0 Å². The van der Waals surface area contributed by atoms with E-state index < -0.39 is 30.4 Å². The molecule has 0 atom stereocenters. The third kappa shape index (κ3) is 15.6. The Bertz CT molecular complexity index is 1070. The molecule has 0 radical (unpaired) electrons. The molecule has 0 saturated carbocycles. The molecule has 0 aliphatic heterocycles. The number of hydrogen-bond acceptors (Lipinski definition) is 9. The zero-order valence-electron chi connectivity index (χ0n) is 17.1. The van der Waals surface area contributed by atoms with E-state index in [4.69, 9.17) is 0 Å². The molecule has 16 heteroatoms. The Hall–Kier alpha value is -2.20. The summed E-state index contributed by atoms with van der Waals surface area (Å²) in [5.74, 6) is 0. The molecule has 0 heterocycles. The van der Waals surface area contributed by atoms with Crippen LogP contribution in [0.5, 0.6) is 0 Å². The summed E-state index contributed by atoms with van der Waals surface area (Å²) in [4.78, 5) is -0.556. The minimum absolute atomic E-state index is 0. The van der Waals surface area contributed by atoms with E-state index in [1.54, 1.807) is 18.2 Å². The van der Waals surface area contributed by atoms with Gasteiger partial charge >= 0.3 is 17.4 Å². The van der Waals surface area contributed by atoms with Crippen molar-refractivity contribution >= 4 is 47.7 Å². The Kier molecular flexibility index (Phi) is 19.8. The van der Waals surface area contributed by atoms with Gasteiger partial charge < -0.3 is 30.1 Å². The van der Waals surface area contributed by atoms with Crippen LogP contribution in [0.1, 0.15) is 0 Å². The zero-order chi connectivity index (χ0) is 22.8. The minimum Gasteiger partial charge on any atom is -0.744 e. The van der Waals surface area contributed by atoms with E-state index in [1.165, 1.54) is 72.8 Å². The van der Waals surface area contributed by atoms with Gasteiger partial charge in [0.2, 0.25) is 0 Å². The van der Waals surface area contributed by atoms with Gasteiger partial charge in [0.05, 0.1) is 14.7 Å². The maximum Gasteiger partial charge on any atom is 3.00 e. The Balaban J connectivity index is -0.000000187. The van der Waals surface area contributed by atoms with Crippen LogP contribution in [0, 0.1) is 0 Å². The molecule has 34 heavy (non-hydrogen) atoms. The summed E-state index contributed by atoms with van der Waals surface area (Å²) in [5.41, 5.74) is 0. The average molecular weight is 553 g/mol. The second-order valence-electron chi connectivity index (χ2n) is 5.30. The minimum atomic E-state index is -4.25. The van der Waals surface area contributed by atoms with Crippen molar-refractivity contribution < 1.29 is 55.3 Å². The van der Waals surface area contributed by atoms with Crippen LogP contribution in [0.2, 0.25) is 0 Å². The second kappa shape index (κ2) is 17.3. The molecule has 3 aromatic carbocycles. The van der Waals surface area contributed by atoms with Crippen molar-refractivity contribution in [2.75, 3.05) is 0 Å². The van der Waals surface area contributed by atoms with Crippen molar-refractivity contribution in [3.8, 4) is 0 Å². The third-order valence-corrected chi connectivity index (χ3v) is 5.64. The topological polar surface area (TPSA) is 266 Å². The Labute approximate surface area is 208 Å². The van der Waals surface area contributed by atoms with Gasteiger partial charge in [0.1, 0.15) is 30.4 Å². The van der Waals surface area contributed by atoms with Crippen LogP contribution >= 0.6 is 0 Å². The maximum atomic E-state index is 10.3. The summed E-state index contributed by atoms with van der Waals surface area (Å²) >= 11 is 0. The fourth-order valence-electron chi connectivity index (χ4n) is 1.76. The SMILES string of the molecule is O.O.O.O=S(=O)([O-])c1ccccc1.O=S(=O)([O-])c1ccccc1.O=S(=O)([O-])c1ccccc1.[Al+3].